The lowest BCUT2D eigenvalue weighted by Crippen LogP contribution is -2.36. The number of ether oxygens (including phenoxy) is 1. The maximum absolute atomic E-state index is 12.7. The van der Waals surface area contributed by atoms with Gasteiger partial charge < -0.3 is 19.9 Å². The van der Waals surface area contributed by atoms with Crippen molar-refractivity contribution in [3.05, 3.63) is 59.9 Å². The molecule has 1 atom stereocenters. The van der Waals surface area contributed by atoms with Gasteiger partial charge in [-0.3, -0.25) is 14.5 Å². The first kappa shape index (κ1) is 22.3. The highest BCUT2D eigenvalue weighted by Gasteiger charge is 2.39. The summed E-state index contributed by atoms with van der Waals surface area (Å²) in [5.74, 6) is 0.682. The van der Waals surface area contributed by atoms with Crippen LogP contribution in [0.15, 0.2) is 48.5 Å². The van der Waals surface area contributed by atoms with Gasteiger partial charge in [0.1, 0.15) is 17.6 Å². The summed E-state index contributed by atoms with van der Waals surface area (Å²) in [6, 6.07) is 13.7. The van der Waals surface area contributed by atoms with Gasteiger partial charge >= 0.3 is 6.03 Å². The van der Waals surface area contributed by atoms with Gasteiger partial charge in [-0.2, -0.15) is 0 Å². The molecule has 1 fully saturated rings. The molecule has 9 heteroatoms. The number of amides is 4. The fourth-order valence-corrected chi connectivity index (χ4v) is 4.01. The molecule has 0 aliphatic carbocycles. The van der Waals surface area contributed by atoms with Crippen molar-refractivity contribution in [1.29, 1.82) is 0 Å². The van der Waals surface area contributed by atoms with Crippen molar-refractivity contribution in [2.75, 3.05) is 7.11 Å². The number of hydrogen-bond acceptors (Lipinski definition) is 5. The van der Waals surface area contributed by atoms with Gasteiger partial charge in [0.05, 0.1) is 37.7 Å². The number of nitrogens with one attached hydrogen (secondary N) is 2. The number of benzene rings is 2. The molecule has 9 nitrogen and oxygen atoms in total. The van der Waals surface area contributed by atoms with Gasteiger partial charge in [-0.25, -0.2) is 9.78 Å². The fraction of sp³-hybridized carbons (Fsp3) is 0.333. The Bertz CT molecular complexity index is 1190. The lowest BCUT2D eigenvalue weighted by molar-refractivity contribution is -0.131. The third-order valence-corrected chi connectivity index (χ3v) is 5.63. The van der Waals surface area contributed by atoms with E-state index in [4.69, 9.17) is 4.74 Å². The Kier molecular flexibility index (Phi) is 6.30. The molecule has 1 aromatic heterocycles. The van der Waals surface area contributed by atoms with Crippen molar-refractivity contribution < 1.29 is 19.1 Å². The van der Waals surface area contributed by atoms with E-state index in [1.165, 1.54) is 0 Å². The fourth-order valence-electron chi connectivity index (χ4n) is 4.01. The van der Waals surface area contributed by atoms with Crippen LogP contribution in [0.2, 0.25) is 0 Å². The predicted octanol–water partition coefficient (Wildman–Crippen LogP) is 2.75. The molecule has 2 N–H and O–H groups in total. The topological polar surface area (TPSA) is 106 Å². The Hall–Kier alpha value is -3.88. The van der Waals surface area contributed by atoms with E-state index in [1.807, 2.05) is 24.3 Å². The number of fused-ring (bicyclic) bond motifs is 1. The Balaban J connectivity index is 1.37. The van der Waals surface area contributed by atoms with Crippen LogP contribution >= 0.6 is 0 Å². The SMILES string of the molecule is COc1ccc(CN2C(=O)NC(CC(=O)NCc3nc4ccccc4n3C(C)C)C2=O)cc1. The lowest BCUT2D eigenvalue weighted by atomic mass is 10.1. The molecule has 0 bridgehead atoms. The molecule has 4 rings (SSSR count). The van der Waals surface area contributed by atoms with E-state index in [2.05, 4.69) is 34.0 Å². The van der Waals surface area contributed by atoms with Crippen molar-refractivity contribution >= 4 is 28.9 Å². The zero-order valence-corrected chi connectivity index (χ0v) is 18.9. The van der Waals surface area contributed by atoms with Gasteiger partial charge in [-0.05, 0) is 43.7 Å². The van der Waals surface area contributed by atoms with Crippen LogP contribution in [0.3, 0.4) is 0 Å². The number of hydrogen-bond donors (Lipinski definition) is 2. The maximum Gasteiger partial charge on any atom is 0.325 e. The number of aromatic nitrogens is 2. The maximum atomic E-state index is 12.7. The molecule has 1 aliphatic heterocycles. The highest BCUT2D eigenvalue weighted by atomic mass is 16.5. The van der Waals surface area contributed by atoms with Crippen LogP contribution in [0.25, 0.3) is 11.0 Å². The summed E-state index contributed by atoms with van der Waals surface area (Å²) < 4.78 is 7.20. The van der Waals surface area contributed by atoms with Gasteiger partial charge in [0, 0.05) is 6.04 Å². The van der Waals surface area contributed by atoms with E-state index in [-0.39, 0.29) is 31.5 Å². The summed E-state index contributed by atoms with van der Waals surface area (Å²) in [4.78, 5) is 43.4. The summed E-state index contributed by atoms with van der Waals surface area (Å²) in [5, 5.41) is 5.44. The number of urea groups is 1. The molecule has 0 saturated carbocycles. The third-order valence-electron chi connectivity index (χ3n) is 5.63. The van der Waals surface area contributed by atoms with Crippen LogP contribution < -0.4 is 15.4 Å². The number of rotatable bonds is 8. The van der Waals surface area contributed by atoms with Crippen LogP contribution in [-0.4, -0.2) is 45.4 Å². The molecule has 4 amide bonds. The van der Waals surface area contributed by atoms with Crippen LogP contribution in [0.1, 0.15) is 37.7 Å². The summed E-state index contributed by atoms with van der Waals surface area (Å²) in [7, 11) is 1.57. The van der Waals surface area contributed by atoms with Crippen molar-refractivity contribution in [3.8, 4) is 5.75 Å². The second-order valence-electron chi connectivity index (χ2n) is 8.24. The molecule has 1 saturated heterocycles. The van der Waals surface area contributed by atoms with Crippen LogP contribution in [-0.2, 0) is 22.7 Å². The summed E-state index contributed by atoms with van der Waals surface area (Å²) >= 11 is 0. The quantitative estimate of drug-likeness (QED) is 0.515. The van der Waals surface area contributed by atoms with Gasteiger partial charge in [0.15, 0.2) is 0 Å². The van der Waals surface area contributed by atoms with E-state index in [0.717, 1.165) is 27.3 Å². The summed E-state index contributed by atoms with van der Waals surface area (Å²) in [6.07, 6.45) is -0.133. The van der Waals surface area contributed by atoms with Crippen molar-refractivity contribution in [2.24, 2.45) is 0 Å². The molecule has 172 valence electrons. The highest BCUT2D eigenvalue weighted by molar-refractivity contribution is 6.05. The molecule has 2 heterocycles. The van der Waals surface area contributed by atoms with Crippen molar-refractivity contribution in [2.45, 2.75) is 45.4 Å². The summed E-state index contributed by atoms with van der Waals surface area (Å²) in [6.45, 7) is 4.48. The number of methoxy groups -OCH3 is 1. The Morgan fingerprint density at radius 3 is 2.58 bits per heavy atom. The summed E-state index contributed by atoms with van der Waals surface area (Å²) in [5.41, 5.74) is 2.66. The number of para-hydroxylation sites is 2. The smallest absolute Gasteiger partial charge is 0.325 e. The van der Waals surface area contributed by atoms with Crippen LogP contribution in [0.4, 0.5) is 4.79 Å². The predicted molar refractivity (Wildman–Crippen MR) is 122 cm³/mol. The monoisotopic (exact) mass is 449 g/mol. The molecular formula is C24H27N5O4. The van der Waals surface area contributed by atoms with E-state index >= 15 is 0 Å². The van der Waals surface area contributed by atoms with Gasteiger partial charge in [0.25, 0.3) is 5.91 Å². The highest BCUT2D eigenvalue weighted by Crippen LogP contribution is 2.21. The first-order chi connectivity index (χ1) is 15.9. The third kappa shape index (κ3) is 4.67. The van der Waals surface area contributed by atoms with Crippen molar-refractivity contribution in [3.63, 3.8) is 0 Å². The Morgan fingerprint density at radius 1 is 1.15 bits per heavy atom. The first-order valence-electron chi connectivity index (χ1n) is 10.8. The minimum absolute atomic E-state index is 0.130. The van der Waals surface area contributed by atoms with E-state index in [1.54, 1.807) is 31.4 Å². The molecule has 33 heavy (non-hydrogen) atoms. The zero-order valence-electron chi connectivity index (χ0n) is 18.9. The largest absolute Gasteiger partial charge is 0.497 e. The number of imide groups is 1. The van der Waals surface area contributed by atoms with Crippen LogP contribution in [0, 0.1) is 0 Å². The average molecular weight is 450 g/mol. The van der Waals surface area contributed by atoms with E-state index in [0.29, 0.717) is 5.75 Å². The average Bonchev–Trinajstić information content (AvgIpc) is 3.30. The van der Waals surface area contributed by atoms with Crippen LogP contribution in [0.5, 0.6) is 5.75 Å². The van der Waals surface area contributed by atoms with Gasteiger partial charge in [0.2, 0.25) is 5.91 Å². The molecule has 0 spiro atoms. The number of imidazole rings is 1. The normalized spacial score (nSPS) is 15.9. The Morgan fingerprint density at radius 2 is 1.88 bits per heavy atom. The molecule has 0 radical (unpaired) electrons. The number of nitrogens with zero attached hydrogens (tertiary/aromatic N) is 3. The minimum Gasteiger partial charge on any atom is -0.497 e. The van der Waals surface area contributed by atoms with Crippen molar-refractivity contribution in [1.82, 2.24) is 25.1 Å². The second-order valence-corrected chi connectivity index (χ2v) is 8.24. The van der Waals surface area contributed by atoms with E-state index in [9.17, 15) is 14.4 Å². The van der Waals surface area contributed by atoms with Gasteiger partial charge in [-0.1, -0.05) is 24.3 Å². The zero-order chi connectivity index (χ0) is 23.5. The standard InChI is InChI=1S/C24H27N5O4/c1-15(2)29-20-7-5-4-6-18(20)26-21(29)13-25-22(30)12-19-23(31)28(24(32)27-19)14-16-8-10-17(33-3)11-9-16/h4-11,15,19H,12-14H2,1-3H3,(H,25,30)(H,27,32). The lowest BCUT2D eigenvalue weighted by Gasteiger charge is -2.14. The molecule has 1 unspecified atom stereocenters. The Labute approximate surface area is 191 Å². The van der Waals surface area contributed by atoms with Gasteiger partial charge in [-0.15, -0.1) is 0 Å². The van der Waals surface area contributed by atoms with E-state index < -0.39 is 18.0 Å². The number of carbonyl (C=O) groups is 3. The second kappa shape index (κ2) is 9.32. The minimum atomic E-state index is -0.889. The molecule has 2 aromatic carbocycles. The number of carbonyl (C=O) groups excluding carboxylic acids is 3. The molecular weight excluding hydrogens is 422 g/mol. The molecule has 1 aliphatic rings. The molecule has 3 aromatic rings. The first-order valence-corrected chi connectivity index (χ1v) is 10.8.